The number of phosphoric ester groups is 1. The van der Waals surface area contributed by atoms with Crippen molar-refractivity contribution in [3.8, 4) is 0 Å². The molecule has 0 aliphatic carbocycles. The fourth-order valence-electron chi connectivity index (χ4n) is 7.83. The van der Waals surface area contributed by atoms with E-state index in [1.165, 1.54) is 116 Å². The topological polar surface area (TPSA) is 114 Å². The van der Waals surface area contributed by atoms with Gasteiger partial charge in [0.15, 0.2) is 0 Å². The van der Waals surface area contributed by atoms with Gasteiger partial charge >= 0.3 is 5.97 Å². The van der Waals surface area contributed by atoms with Gasteiger partial charge in [-0.3, -0.25) is 14.2 Å². The maximum absolute atomic E-state index is 13.5. The summed E-state index contributed by atoms with van der Waals surface area (Å²) in [5.41, 5.74) is 0. The van der Waals surface area contributed by atoms with Crippen molar-refractivity contribution in [1.29, 1.82) is 0 Å². The fraction of sp³-hybridized carbons (Fsp3) is 0.825. The number of phosphoric acid groups is 1. The number of hydrogen-bond acceptors (Lipinski definition) is 7. The molecule has 1 N–H and O–H groups in total. The van der Waals surface area contributed by atoms with Crippen molar-refractivity contribution in [1.82, 2.24) is 5.32 Å². The zero-order valence-electron chi connectivity index (χ0n) is 44.6. The Balaban J connectivity index is 5.28. The first-order chi connectivity index (χ1) is 32.4. The predicted molar refractivity (Wildman–Crippen MR) is 284 cm³/mol. The number of nitrogens with zero attached hydrogens (tertiary/aromatic N) is 1. The Kier molecular flexibility index (Phi) is 46.2. The molecule has 0 rings (SSSR count). The number of unbranched alkanes of at least 4 members (excludes halogenated alkanes) is 28. The van der Waals surface area contributed by atoms with Crippen LogP contribution in [0.15, 0.2) is 48.6 Å². The van der Waals surface area contributed by atoms with Crippen LogP contribution in [0.5, 0.6) is 0 Å². The molecule has 0 aliphatic rings. The van der Waals surface area contributed by atoms with Gasteiger partial charge in [-0.05, 0) is 83.1 Å². The van der Waals surface area contributed by atoms with Crippen LogP contribution >= 0.6 is 7.82 Å². The van der Waals surface area contributed by atoms with Crippen molar-refractivity contribution in [2.24, 2.45) is 0 Å². The van der Waals surface area contributed by atoms with Crippen LogP contribution in [0.3, 0.4) is 0 Å². The number of quaternary nitrogens is 1. The molecule has 0 saturated heterocycles. The van der Waals surface area contributed by atoms with Gasteiger partial charge in [-0.2, -0.15) is 0 Å². The fourth-order valence-corrected chi connectivity index (χ4v) is 8.55. The maximum atomic E-state index is 13.5. The SMILES string of the molecule is CCCC/C=C\CCCCCCCC(=O)OC(/C=C\CCCCCCCCCCC)C(COP(=O)([O-])OCC[N+](C)(C)C)NC(=O)CCCCCCCCCCC/C=C\C/C=C\CCCCC. The van der Waals surface area contributed by atoms with Gasteiger partial charge in [0, 0.05) is 12.8 Å². The van der Waals surface area contributed by atoms with Crippen LogP contribution in [0.25, 0.3) is 0 Å². The van der Waals surface area contributed by atoms with Crippen molar-refractivity contribution in [3.63, 3.8) is 0 Å². The minimum atomic E-state index is -4.69. The first kappa shape index (κ1) is 65.0. The Bertz CT molecular complexity index is 1290. The van der Waals surface area contributed by atoms with E-state index < -0.39 is 26.6 Å². The van der Waals surface area contributed by atoms with Crippen LogP contribution in [0, 0.1) is 0 Å². The van der Waals surface area contributed by atoms with Crippen LogP contribution in [0.2, 0.25) is 0 Å². The Morgan fingerprint density at radius 1 is 0.522 bits per heavy atom. The van der Waals surface area contributed by atoms with Crippen molar-refractivity contribution < 1.29 is 37.3 Å². The molecule has 0 bridgehead atoms. The quantitative estimate of drug-likeness (QED) is 0.0212. The van der Waals surface area contributed by atoms with Crippen molar-refractivity contribution in [3.05, 3.63) is 48.6 Å². The third kappa shape index (κ3) is 48.8. The van der Waals surface area contributed by atoms with Gasteiger partial charge < -0.3 is 28.5 Å². The first-order valence-corrected chi connectivity index (χ1v) is 29.4. The molecule has 0 radical (unpaired) electrons. The minimum Gasteiger partial charge on any atom is -0.756 e. The van der Waals surface area contributed by atoms with Crippen molar-refractivity contribution in [2.45, 2.75) is 264 Å². The first-order valence-electron chi connectivity index (χ1n) is 27.9. The molecule has 3 unspecified atom stereocenters. The van der Waals surface area contributed by atoms with E-state index in [-0.39, 0.29) is 24.9 Å². The van der Waals surface area contributed by atoms with Gasteiger partial charge in [-0.25, -0.2) is 0 Å². The largest absolute Gasteiger partial charge is 0.756 e. The Morgan fingerprint density at radius 2 is 0.925 bits per heavy atom. The van der Waals surface area contributed by atoms with E-state index >= 15 is 0 Å². The number of rotatable bonds is 50. The van der Waals surface area contributed by atoms with Gasteiger partial charge in [0.05, 0.1) is 33.8 Å². The average Bonchev–Trinajstić information content (AvgIpc) is 3.28. The zero-order chi connectivity index (χ0) is 49.4. The van der Waals surface area contributed by atoms with Gasteiger partial charge in [0.1, 0.15) is 19.3 Å². The van der Waals surface area contributed by atoms with Gasteiger partial charge in [-0.15, -0.1) is 0 Å². The molecular weight excluding hydrogens is 856 g/mol. The van der Waals surface area contributed by atoms with Gasteiger partial charge in [-0.1, -0.05) is 205 Å². The zero-order valence-corrected chi connectivity index (χ0v) is 45.5. The molecule has 392 valence electrons. The molecule has 67 heavy (non-hydrogen) atoms. The maximum Gasteiger partial charge on any atom is 0.306 e. The highest BCUT2D eigenvalue weighted by Crippen LogP contribution is 2.38. The molecular formula is C57H107N2O7P. The van der Waals surface area contributed by atoms with Gasteiger partial charge in [0.25, 0.3) is 7.82 Å². The lowest BCUT2D eigenvalue weighted by molar-refractivity contribution is -0.870. The average molecular weight is 963 g/mol. The van der Waals surface area contributed by atoms with E-state index in [9.17, 15) is 19.0 Å². The highest BCUT2D eigenvalue weighted by atomic mass is 31.2. The summed E-state index contributed by atoms with van der Waals surface area (Å²) in [4.78, 5) is 39.7. The molecule has 0 spiro atoms. The molecule has 10 heteroatoms. The lowest BCUT2D eigenvalue weighted by atomic mass is 10.0. The summed E-state index contributed by atoms with van der Waals surface area (Å²) in [5, 5.41) is 3.01. The normalized spacial score (nSPS) is 14.2. The number of nitrogens with one attached hydrogen (secondary N) is 1. The highest BCUT2D eigenvalue weighted by Gasteiger charge is 2.27. The lowest BCUT2D eigenvalue weighted by Crippen LogP contribution is -2.47. The van der Waals surface area contributed by atoms with Crippen LogP contribution < -0.4 is 10.2 Å². The summed E-state index contributed by atoms with van der Waals surface area (Å²) in [7, 11) is 1.18. The second-order valence-electron chi connectivity index (χ2n) is 20.1. The number of carbonyl (C=O) groups is 2. The van der Waals surface area contributed by atoms with Crippen molar-refractivity contribution in [2.75, 3.05) is 40.9 Å². The molecule has 0 saturated carbocycles. The van der Waals surface area contributed by atoms with E-state index in [4.69, 9.17) is 13.8 Å². The summed E-state index contributed by atoms with van der Waals surface area (Å²) < 4.78 is 30.1. The summed E-state index contributed by atoms with van der Waals surface area (Å²) in [6.07, 6.45) is 56.4. The monoisotopic (exact) mass is 963 g/mol. The smallest absolute Gasteiger partial charge is 0.306 e. The summed E-state index contributed by atoms with van der Waals surface area (Å²) in [6, 6.07) is -0.891. The Hall–Kier alpha value is -2.03. The number of hydrogen-bond donors (Lipinski definition) is 1. The summed E-state index contributed by atoms with van der Waals surface area (Å²) in [5.74, 6) is -0.556. The van der Waals surface area contributed by atoms with E-state index in [2.05, 4.69) is 62.5 Å². The Morgan fingerprint density at radius 3 is 1.43 bits per heavy atom. The molecule has 0 aromatic rings. The molecule has 3 atom stereocenters. The number of carbonyl (C=O) groups excluding carboxylic acids is 2. The predicted octanol–water partition coefficient (Wildman–Crippen LogP) is 15.9. The molecule has 0 aromatic heterocycles. The second-order valence-corrected chi connectivity index (χ2v) is 21.5. The van der Waals surface area contributed by atoms with Crippen LogP contribution in [0.4, 0.5) is 0 Å². The molecule has 0 aromatic carbocycles. The number of ether oxygens (including phenoxy) is 1. The number of allylic oxidation sites excluding steroid dienone is 7. The van der Waals surface area contributed by atoms with Crippen LogP contribution in [-0.4, -0.2) is 69.4 Å². The molecule has 1 amide bonds. The third-order valence-corrected chi connectivity index (χ3v) is 13.2. The van der Waals surface area contributed by atoms with E-state index in [1.807, 2.05) is 33.3 Å². The van der Waals surface area contributed by atoms with Crippen molar-refractivity contribution >= 4 is 19.7 Å². The summed E-state index contributed by atoms with van der Waals surface area (Å²) >= 11 is 0. The standard InChI is InChI=1S/C57H107N2O7P/c1-7-10-13-16-19-22-25-26-27-28-29-30-31-32-35-37-40-43-46-49-56(60)58-54(53-65-67(62,63)64-52-51-59(4,5)6)55(48-45-42-39-36-33-23-20-17-14-11-8-2)66-57(61)50-47-44-41-38-34-24-21-18-15-12-9-3/h18-19,21-22,26-27,45,48,54-55H,7-17,20,23-25,28-44,46-47,49-53H2,1-6H3,(H-,58,60,62,63)/b21-18-,22-19-,27-26-,48-45-. The minimum absolute atomic E-state index is 0.0246. The van der Waals surface area contributed by atoms with E-state index in [0.717, 1.165) is 103 Å². The summed E-state index contributed by atoms with van der Waals surface area (Å²) in [6.45, 7) is 6.76. The number of esters is 1. The molecule has 9 nitrogen and oxygen atoms in total. The van der Waals surface area contributed by atoms with Gasteiger partial charge in [0.2, 0.25) is 5.91 Å². The molecule has 0 fully saturated rings. The van der Waals surface area contributed by atoms with E-state index in [1.54, 1.807) is 0 Å². The van der Waals surface area contributed by atoms with Crippen LogP contribution in [0.1, 0.15) is 252 Å². The second kappa shape index (κ2) is 47.6. The Labute approximate surface area is 414 Å². The molecule has 0 heterocycles. The number of likely N-dealkylation sites (N-methyl/N-ethyl adjacent to an activating group) is 1. The number of amides is 1. The van der Waals surface area contributed by atoms with Crippen LogP contribution in [-0.2, 0) is 27.9 Å². The highest BCUT2D eigenvalue weighted by molar-refractivity contribution is 7.45. The molecule has 0 aliphatic heterocycles. The van der Waals surface area contributed by atoms with E-state index in [0.29, 0.717) is 17.4 Å². The third-order valence-electron chi connectivity index (χ3n) is 12.2. The lowest BCUT2D eigenvalue weighted by Gasteiger charge is -2.30.